The number of amides is 1. The van der Waals surface area contributed by atoms with Crippen LogP contribution in [0.2, 0.25) is 0 Å². The summed E-state index contributed by atoms with van der Waals surface area (Å²) in [6.07, 6.45) is -2.71. The molecule has 0 aromatic heterocycles. The summed E-state index contributed by atoms with van der Waals surface area (Å²) in [5.74, 6) is 1.44. The van der Waals surface area contributed by atoms with Gasteiger partial charge in [0.15, 0.2) is 0 Å². The molecule has 0 bridgehead atoms. The number of rotatable bonds is 4. The Bertz CT molecular complexity index is 301. The van der Waals surface area contributed by atoms with Crippen LogP contribution < -0.4 is 5.32 Å². The molecule has 1 unspecified atom stereocenters. The first-order chi connectivity index (χ1) is 8.46. The maximum absolute atomic E-state index is 12.4. The fraction of sp³-hybridized carbons (Fsp3) is 0.909. The standard InChI is InChI=1S/C11H17F3N2OS/c12-11(13,14)7-16(9-1-2-9)10(17)5-8-6-18-4-3-15-8/h8-9,15H,1-7H2. The molecule has 1 saturated heterocycles. The molecular formula is C11H17F3N2OS. The summed E-state index contributed by atoms with van der Waals surface area (Å²) in [7, 11) is 0. The molecule has 1 aliphatic carbocycles. The first-order valence-electron chi connectivity index (χ1n) is 6.13. The van der Waals surface area contributed by atoms with Crippen molar-refractivity contribution >= 4 is 17.7 Å². The zero-order chi connectivity index (χ0) is 13.2. The highest BCUT2D eigenvalue weighted by molar-refractivity contribution is 7.99. The Morgan fingerprint density at radius 3 is 2.61 bits per heavy atom. The molecule has 1 N–H and O–H groups in total. The molecule has 2 aliphatic rings. The second kappa shape index (κ2) is 5.69. The van der Waals surface area contributed by atoms with E-state index in [-0.39, 0.29) is 24.4 Å². The van der Waals surface area contributed by atoms with Crippen LogP contribution in [-0.2, 0) is 4.79 Å². The Balaban J connectivity index is 1.87. The van der Waals surface area contributed by atoms with Gasteiger partial charge in [-0.3, -0.25) is 4.79 Å². The number of carbonyl (C=O) groups is 1. The Hall–Kier alpha value is -0.430. The predicted octanol–water partition coefficient (Wildman–Crippen LogP) is 1.63. The zero-order valence-electron chi connectivity index (χ0n) is 10.0. The maximum Gasteiger partial charge on any atom is 0.406 e. The summed E-state index contributed by atoms with van der Waals surface area (Å²) in [5, 5.41) is 3.18. The van der Waals surface area contributed by atoms with Crippen molar-refractivity contribution in [1.82, 2.24) is 10.2 Å². The van der Waals surface area contributed by atoms with E-state index in [1.165, 1.54) is 0 Å². The van der Waals surface area contributed by atoms with Crippen LogP contribution in [0.3, 0.4) is 0 Å². The van der Waals surface area contributed by atoms with Crippen molar-refractivity contribution in [3.8, 4) is 0 Å². The van der Waals surface area contributed by atoms with Crippen molar-refractivity contribution in [2.75, 3.05) is 24.6 Å². The maximum atomic E-state index is 12.4. The molecule has 18 heavy (non-hydrogen) atoms. The van der Waals surface area contributed by atoms with Gasteiger partial charge in [0.2, 0.25) is 5.91 Å². The Labute approximate surface area is 108 Å². The van der Waals surface area contributed by atoms with Gasteiger partial charge in [0.25, 0.3) is 0 Å². The average Bonchev–Trinajstić information content (AvgIpc) is 3.10. The number of nitrogens with one attached hydrogen (secondary N) is 1. The third-order valence-corrected chi connectivity index (χ3v) is 4.21. The van der Waals surface area contributed by atoms with Crippen LogP contribution in [0.15, 0.2) is 0 Å². The van der Waals surface area contributed by atoms with Gasteiger partial charge in [0, 0.05) is 36.6 Å². The van der Waals surface area contributed by atoms with E-state index in [1.54, 1.807) is 11.8 Å². The van der Waals surface area contributed by atoms with Crippen molar-refractivity contribution in [1.29, 1.82) is 0 Å². The van der Waals surface area contributed by atoms with E-state index in [0.717, 1.165) is 23.0 Å². The molecule has 2 rings (SSSR count). The normalized spacial score (nSPS) is 24.9. The largest absolute Gasteiger partial charge is 0.406 e. The van der Waals surface area contributed by atoms with Gasteiger partial charge >= 0.3 is 6.18 Å². The summed E-state index contributed by atoms with van der Waals surface area (Å²) in [6.45, 7) is -0.276. The number of hydrogen-bond donors (Lipinski definition) is 1. The monoisotopic (exact) mass is 282 g/mol. The first-order valence-corrected chi connectivity index (χ1v) is 7.28. The van der Waals surface area contributed by atoms with Crippen molar-refractivity contribution in [2.24, 2.45) is 0 Å². The van der Waals surface area contributed by atoms with Crippen LogP contribution in [0, 0.1) is 0 Å². The van der Waals surface area contributed by atoms with E-state index in [2.05, 4.69) is 5.32 Å². The van der Waals surface area contributed by atoms with Crippen molar-refractivity contribution < 1.29 is 18.0 Å². The fourth-order valence-corrected chi connectivity index (χ4v) is 3.03. The van der Waals surface area contributed by atoms with Crippen molar-refractivity contribution in [3.05, 3.63) is 0 Å². The Kier molecular flexibility index (Phi) is 4.42. The van der Waals surface area contributed by atoms with E-state index < -0.39 is 12.7 Å². The smallest absolute Gasteiger partial charge is 0.331 e. The molecule has 1 aliphatic heterocycles. The topological polar surface area (TPSA) is 32.3 Å². The highest BCUT2D eigenvalue weighted by atomic mass is 32.2. The van der Waals surface area contributed by atoms with E-state index in [4.69, 9.17) is 0 Å². The summed E-state index contributed by atoms with van der Waals surface area (Å²) in [6, 6.07) is -0.166. The Morgan fingerprint density at radius 1 is 1.39 bits per heavy atom. The van der Waals surface area contributed by atoms with Gasteiger partial charge in [0.05, 0.1) is 0 Å². The molecule has 1 saturated carbocycles. The van der Waals surface area contributed by atoms with Gasteiger partial charge in [-0.2, -0.15) is 24.9 Å². The minimum absolute atomic E-state index is 0.0192. The molecule has 7 heteroatoms. The molecular weight excluding hydrogens is 265 g/mol. The fourth-order valence-electron chi connectivity index (χ4n) is 2.08. The molecule has 0 radical (unpaired) electrons. The Morgan fingerprint density at radius 2 is 2.11 bits per heavy atom. The number of thioether (sulfide) groups is 1. The molecule has 104 valence electrons. The second-order valence-electron chi connectivity index (χ2n) is 4.80. The number of carbonyl (C=O) groups excluding carboxylic acids is 1. The highest BCUT2D eigenvalue weighted by Gasteiger charge is 2.40. The molecule has 3 nitrogen and oxygen atoms in total. The lowest BCUT2D eigenvalue weighted by atomic mass is 10.2. The lowest BCUT2D eigenvalue weighted by molar-refractivity contribution is -0.162. The van der Waals surface area contributed by atoms with E-state index in [0.29, 0.717) is 12.8 Å². The second-order valence-corrected chi connectivity index (χ2v) is 5.95. The van der Waals surface area contributed by atoms with Gasteiger partial charge in [0.1, 0.15) is 6.54 Å². The van der Waals surface area contributed by atoms with Crippen molar-refractivity contribution in [2.45, 2.75) is 37.5 Å². The quantitative estimate of drug-likeness (QED) is 0.850. The molecule has 1 heterocycles. The molecule has 1 amide bonds. The molecule has 1 atom stereocenters. The highest BCUT2D eigenvalue weighted by Crippen LogP contribution is 2.31. The SMILES string of the molecule is O=C(CC1CSCCN1)N(CC(F)(F)F)C1CC1. The van der Waals surface area contributed by atoms with Gasteiger partial charge < -0.3 is 10.2 Å². The average molecular weight is 282 g/mol. The minimum atomic E-state index is -4.30. The van der Waals surface area contributed by atoms with Gasteiger partial charge in [-0.15, -0.1) is 0 Å². The first kappa shape index (κ1) is 14.0. The number of alkyl halides is 3. The molecule has 0 aromatic carbocycles. The van der Waals surface area contributed by atoms with Crippen molar-refractivity contribution in [3.63, 3.8) is 0 Å². The third-order valence-electron chi connectivity index (χ3n) is 3.08. The van der Waals surface area contributed by atoms with Crippen LogP contribution in [-0.4, -0.2) is 53.7 Å². The van der Waals surface area contributed by atoms with Crippen LogP contribution in [0.4, 0.5) is 13.2 Å². The van der Waals surface area contributed by atoms with Crippen LogP contribution in [0.1, 0.15) is 19.3 Å². The third kappa shape index (κ3) is 4.35. The lowest BCUT2D eigenvalue weighted by Gasteiger charge is -2.28. The number of hydrogen-bond acceptors (Lipinski definition) is 3. The van der Waals surface area contributed by atoms with Crippen LogP contribution in [0.25, 0.3) is 0 Å². The minimum Gasteiger partial charge on any atom is -0.331 e. The summed E-state index contributed by atoms with van der Waals surface area (Å²) in [4.78, 5) is 13.0. The number of nitrogens with zero attached hydrogens (tertiary/aromatic N) is 1. The van der Waals surface area contributed by atoms with E-state index >= 15 is 0 Å². The predicted molar refractivity (Wildman–Crippen MR) is 64.5 cm³/mol. The van der Waals surface area contributed by atoms with E-state index in [9.17, 15) is 18.0 Å². The molecule has 0 aromatic rings. The van der Waals surface area contributed by atoms with Gasteiger partial charge in [-0.05, 0) is 12.8 Å². The summed E-state index contributed by atoms with van der Waals surface area (Å²) < 4.78 is 37.3. The van der Waals surface area contributed by atoms with Gasteiger partial charge in [-0.25, -0.2) is 0 Å². The lowest BCUT2D eigenvalue weighted by Crippen LogP contribution is -2.45. The molecule has 0 spiro atoms. The van der Waals surface area contributed by atoms with E-state index in [1.807, 2.05) is 0 Å². The summed E-state index contributed by atoms with van der Waals surface area (Å²) in [5.41, 5.74) is 0. The van der Waals surface area contributed by atoms with Crippen LogP contribution >= 0.6 is 11.8 Å². The summed E-state index contributed by atoms with van der Waals surface area (Å²) >= 11 is 1.74. The van der Waals surface area contributed by atoms with Gasteiger partial charge in [-0.1, -0.05) is 0 Å². The number of halogens is 3. The molecule has 2 fully saturated rings. The zero-order valence-corrected chi connectivity index (χ0v) is 10.8. The van der Waals surface area contributed by atoms with Crippen LogP contribution in [0.5, 0.6) is 0 Å².